The molecule has 0 aliphatic rings. The second-order valence-electron chi connectivity index (χ2n) is 4.25. The third-order valence-electron chi connectivity index (χ3n) is 2.60. The number of aromatic nitrogens is 2. The second-order valence-corrected chi connectivity index (χ2v) is 4.25. The van der Waals surface area contributed by atoms with Crippen molar-refractivity contribution in [2.45, 2.75) is 19.6 Å². The van der Waals surface area contributed by atoms with Gasteiger partial charge in [0.1, 0.15) is 6.10 Å². The van der Waals surface area contributed by atoms with Gasteiger partial charge in [-0.25, -0.2) is 4.79 Å². The average molecular weight is 275 g/mol. The highest BCUT2D eigenvalue weighted by Gasteiger charge is 2.15. The molecule has 1 aromatic heterocycles. The number of nitro groups is 1. The molecule has 0 amide bonds. The van der Waals surface area contributed by atoms with Crippen LogP contribution in [-0.2, 0) is 11.3 Å². The predicted molar refractivity (Wildman–Crippen MR) is 70.2 cm³/mol. The lowest BCUT2D eigenvalue weighted by Gasteiger charge is -2.13. The van der Waals surface area contributed by atoms with Crippen LogP contribution in [0.1, 0.15) is 17.3 Å². The van der Waals surface area contributed by atoms with Gasteiger partial charge < -0.3 is 4.74 Å². The zero-order valence-corrected chi connectivity index (χ0v) is 10.8. The molecule has 7 heteroatoms. The van der Waals surface area contributed by atoms with Gasteiger partial charge in [0.25, 0.3) is 5.69 Å². The van der Waals surface area contributed by atoms with Crippen LogP contribution in [-0.4, -0.2) is 26.8 Å². The normalized spacial score (nSPS) is 11.8. The molecule has 0 spiro atoms. The van der Waals surface area contributed by atoms with Crippen molar-refractivity contribution < 1.29 is 14.5 Å². The first-order valence-corrected chi connectivity index (χ1v) is 5.99. The van der Waals surface area contributed by atoms with Crippen molar-refractivity contribution in [3.05, 3.63) is 58.4 Å². The van der Waals surface area contributed by atoms with E-state index in [9.17, 15) is 14.9 Å². The number of hydrogen-bond donors (Lipinski definition) is 0. The summed E-state index contributed by atoms with van der Waals surface area (Å²) in [5, 5.41) is 14.7. The van der Waals surface area contributed by atoms with E-state index in [1.54, 1.807) is 30.1 Å². The number of nitro benzene ring substituents is 1. The first kappa shape index (κ1) is 13.7. The highest BCUT2D eigenvalue weighted by molar-refractivity contribution is 5.90. The number of ether oxygens (including phenoxy) is 1. The SMILES string of the molecule is CC(Cn1cccn1)OC(=O)c1cccc([N+](=O)[O-])c1. The van der Waals surface area contributed by atoms with E-state index in [4.69, 9.17) is 4.74 Å². The van der Waals surface area contributed by atoms with Gasteiger partial charge in [-0.2, -0.15) is 5.10 Å². The number of esters is 1. The summed E-state index contributed by atoms with van der Waals surface area (Å²) in [6, 6.07) is 7.23. The van der Waals surface area contributed by atoms with Crippen LogP contribution in [0.25, 0.3) is 0 Å². The fourth-order valence-electron chi connectivity index (χ4n) is 1.71. The molecule has 0 bridgehead atoms. The van der Waals surface area contributed by atoms with Gasteiger partial charge in [0.15, 0.2) is 0 Å². The second kappa shape index (κ2) is 5.96. The number of carbonyl (C=O) groups excluding carboxylic acids is 1. The lowest BCUT2D eigenvalue weighted by atomic mass is 10.2. The van der Waals surface area contributed by atoms with Crippen LogP contribution in [0.5, 0.6) is 0 Å². The van der Waals surface area contributed by atoms with Crippen molar-refractivity contribution in [2.75, 3.05) is 0 Å². The van der Waals surface area contributed by atoms with E-state index >= 15 is 0 Å². The number of carbonyl (C=O) groups is 1. The molecule has 1 unspecified atom stereocenters. The Bertz CT molecular complexity index is 610. The smallest absolute Gasteiger partial charge is 0.338 e. The summed E-state index contributed by atoms with van der Waals surface area (Å²) in [5.74, 6) is -0.589. The number of hydrogen-bond acceptors (Lipinski definition) is 5. The van der Waals surface area contributed by atoms with Crippen LogP contribution in [0.3, 0.4) is 0 Å². The molecule has 20 heavy (non-hydrogen) atoms. The molecule has 7 nitrogen and oxygen atoms in total. The first-order chi connectivity index (χ1) is 9.56. The molecule has 0 saturated heterocycles. The van der Waals surface area contributed by atoms with E-state index in [1.165, 1.54) is 24.3 Å². The van der Waals surface area contributed by atoms with E-state index in [0.29, 0.717) is 6.54 Å². The molecule has 0 saturated carbocycles. The Kier molecular flexibility index (Phi) is 4.09. The van der Waals surface area contributed by atoms with E-state index in [0.717, 1.165) is 0 Å². The van der Waals surface area contributed by atoms with Gasteiger partial charge in [0, 0.05) is 24.5 Å². The summed E-state index contributed by atoms with van der Waals surface area (Å²) in [6.45, 7) is 2.16. The van der Waals surface area contributed by atoms with Crippen molar-refractivity contribution in [1.29, 1.82) is 0 Å². The quantitative estimate of drug-likeness (QED) is 0.473. The molecule has 1 aromatic carbocycles. The molecule has 0 fully saturated rings. The van der Waals surface area contributed by atoms with E-state index in [-0.39, 0.29) is 17.4 Å². The summed E-state index contributed by atoms with van der Waals surface area (Å²) >= 11 is 0. The van der Waals surface area contributed by atoms with Crippen LogP contribution in [0.15, 0.2) is 42.7 Å². The number of nitrogens with zero attached hydrogens (tertiary/aromatic N) is 3. The molecule has 1 atom stereocenters. The van der Waals surface area contributed by atoms with Crippen molar-refractivity contribution in [3.8, 4) is 0 Å². The molecular formula is C13H13N3O4. The minimum atomic E-state index is -0.589. The average Bonchev–Trinajstić information content (AvgIpc) is 2.91. The predicted octanol–water partition coefficient (Wildman–Crippen LogP) is 2.04. The molecule has 0 aliphatic heterocycles. The summed E-state index contributed by atoms with van der Waals surface area (Å²) in [4.78, 5) is 22.0. The Hall–Kier alpha value is -2.70. The number of non-ortho nitro benzene ring substituents is 1. The van der Waals surface area contributed by atoms with Crippen molar-refractivity contribution in [3.63, 3.8) is 0 Å². The zero-order valence-electron chi connectivity index (χ0n) is 10.8. The third-order valence-corrected chi connectivity index (χ3v) is 2.60. The van der Waals surface area contributed by atoms with Gasteiger partial charge in [0.2, 0.25) is 0 Å². The standard InChI is InChI=1S/C13H13N3O4/c1-10(9-15-7-3-6-14-15)20-13(17)11-4-2-5-12(8-11)16(18)19/h2-8,10H,9H2,1H3. The van der Waals surface area contributed by atoms with Crippen LogP contribution in [0.2, 0.25) is 0 Å². The summed E-state index contributed by atoms with van der Waals surface area (Å²) in [6.07, 6.45) is 3.01. The van der Waals surface area contributed by atoms with E-state index in [1.807, 2.05) is 0 Å². The maximum Gasteiger partial charge on any atom is 0.338 e. The van der Waals surface area contributed by atoms with Crippen molar-refractivity contribution in [1.82, 2.24) is 9.78 Å². The summed E-state index contributed by atoms with van der Waals surface area (Å²) < 4.78 is 6.87. The highest BCUT2D eigenvalue weighted by atomic mass is 16.6. The number of rotatable bonds is 5. The van der Waals surface area contributed by atoms with Gasteiger partial charge in [-0.05, 0) is 19.1 Å². The molecule has 0 radical (unpaired) electrons. The van der Waals surface area contributed by atoms with Crippen molar-refractivity contribution >= 4 is 11.7 Å². The fraction of sp³-hybridized carbons (Fsp3) is 0.231. The maximum absolute atomic E-state index is 11.9. The lowest BCUT2D eigenvalue weighted by molar-refractivity contribution is -0.384. The Balaban J connectivity index is 2.00. The Morgan fingerprint density at radius 2 is 2.30 bits per heavy atom. The molecule has 2 rings (SSSR count). The fourth-order valence-corrected chi connectivity index (χ4v) is 1.71. The summed E-state index contributed by atoms with van der Waals surface area (Å²) in [5.41, 5.74) is 0.0192. The van der Waals surface area contributed by atoms with Crippen LogP contribution in [0.4, 0.5) is 5.69 Å². The largest absolute Gasteiger partial charge is 0.457 e. The molecule has 104 valence electrons. The van der Waals surface area contributed by atoms with Gasteiger partial charge >= 0.3 is 5.97 Å². The summed E-state index contributed by atoms with van der Waals surface area (Å²) in [7, 11) is 0. The maximum atomic E-state index is 11.9. The molecule has 2 aromatic rings. The van der Waals surface area contributed by atoms with Crippen LogP contribution < -0.4 is 0 Å². The van der Waals surface area contributed by atoms with E-state index in [2.05, 4.69) is 5.10 Å². The Labute approximate surface area is 114 Å². The Morgan fingerprint density at radius 1 is 1.50 bits per heavy atom. The van der Waals surface area contributed by atoms with Gasteiger partial charge in [-0.15, -0.1) is 0 Å². The Morgan fingerprint density at radius 3 is 2.95 bits per heavy atom. The monoisotopic (exact) mass is 275 g/mol. The van der Waals surface area contributed by atoms with Crippen LogP contribution >= 0.6 is 0 Å². The first-order valence-electron chi connectivity index (χ1n) is 5.99. The third kappa shape index (κ3) is 3.41. The molecule has 0 aliphatic carbocycles. The van der Waals surface area contributed by atoms with Gasteiger partial charge in [-0.3, -0.25) is 14.8 Å². The molecule has 0 N–H and O–H groups in total. The minimum Gasteiger partial charge on any atom is -0.457 e. The highest BCUT2D eigenvalue weighted by Crippen LogP contribution is 2.14. The van der Waals surface area contributed by atoms with Gasteiger partial charge in [-0.1, -0.05) is 6.07 Å². The van der Waals surface area contributed by atoms with Crippen LogP contribution in [0, 0.1) is 10.1 Å². The van der Waals surface area contributed by atoms with Gasteiger partial charge in [0.05, 0.1) is 17.0 Å². The topological polar surface area (TPSA) is 87.3 Å². The number of benzene rings is 1. The van der Waals surface area contributed by atoms with E-state index < -0.39 is 10.9 Å². The molecular weight excluding hydrogens is 262 g/mol. The molecule has 1 heterocycles. The zero-order chi connectivity index (χ0) is 14.5. The lowest BCUT2D eigenvalue weighted by Crippen LogP contribution is -2.21. The van der Waals surface area contributed by atoms with Crippen molar-refractivity contribution in [2.24, 2.45) is 0 Å². The minimum absolute atomic E-state index is 0.140.